The number of aromatic amines is 1. The molecule has 0 aliphatic heterocycles. The lowest BCUT2D eigenvalue weighted by Gasteiger charge is -2.11. The molecule has 0 saturated carbocycles. The molecule has 3 aromatic rings. The highest BCUT2D eigenvalue weighted by Crippen LogP contribution is 2.25. The summed E-state index contributed by atoms with van der Waals surface area (Å²) < 4.78 is 0. The molecule has 0 radical (unpaired) electrons. The molecule has 0 bridgehead atoms. The molecule has 0 fully saturated rings. The second kappa shape index (κ2) is 5.16. The maximum atomic E-state index is 5.72. The molecule has 2 heterocycles. The molecule has 20 heavy (non-hydrogen) atoms. The van der Waals surface area contributed by atoms with E-state index < -0.39 is 0 Å². The van der Waals surface area contributed by atoms with Crippen LogP contribution in [0.3, 0.4) is 0 Å². The number of aromatic nitrogens is 4. The van der Waals surface area contributed by atoms with Crippen molar-refractivity contribution in [2.24, 2.45) is 0 Å². The predicted octanol–water partition coefficient (Wildman–Crippen LogP) is 2.63. The number of anilines is 3. The van der Waals surface area contributed by atoms with Crippen molar-refractivity contribution in [1.29, 1.82) is 0 Å². The first-order valence-corrected chi connectivity index (χ1v) is 6.59. The molecule has 0 unspecified atom stereocenters. The average Bonchev–Trinajstić information content (AvgIpc) is 2.89. The number of nitrogen functional groups attached to an aromatic ring is 1. The van der Waals surface area contributed by atoms with Gasteiger partial charge in [-0.2, -0.15) is 15.1 Å². The molecule has 6 heteroatoms. The van der Waals surface area contributed by atoms with Crippen molar-refractivity contribution in [3.63, 3.8) is 0 Å². The van der Waals surface area contributed by atoms with Crippen LogP contribution < -0.4 is 11.1 Å². The number of fused-ring (bicyclic) bond motifs is 1. The zero-order chi connectivity index (χ0) is 13.9. The van der Waals surface area contributed by atoms with Crippen LogP contribution in [-0.4, -0.2) is 20.2 Å². The van der Waals surface area contributed by atoms with Gasteiger partial charge in [-0.15, -0.1) is 0 Å². The van der Waals surface area contributed by atoms with Crippen LogP contribution in [0, 0.1) is 0 Å². The molecule has 3 rings (SSSR count). The lowest BCUT2D eigenvalue weighted by atomic mass is 10.1. The Kier molecular flexibility index (Phi) is 3.20. The van der Waals surface area contributed by atoms with Crippen molar-refractivity contribution in [1.82, 2.24) is 20.2 Å². The zero-order valence-electron chi connectivity index (χ0n) is 11.2. The molecule has 0 amide bonds. The van der Waals surface area contributed by atoms with Gasteiger partial charge in [0.15, 0.2) is 5.65 Å². The molecule has 4 N–H and O–H groups in total. The Balaban J connectivity index is 2.03. The third kappa shape index (κ3) is 2.27. The van der Waals surface area contributed by atoms with Gasteiger partial charge in [0.2, 0.25) is 5.95 Å². The first kappa shape index (κ1) is 12.4. The van der Waals surface area contributed by atoms with E-state index in [1.807, 2.05) is 18.2 Å². The van der Waals surface area contributed by atoms with E-state index in [0.717, 1.165) is 23.9 Å². The zero-order valence-corrected chi connectivity index (χ0v) is 11.2. The van der Waals surface area contributed by atoms with E-state index in [1.54, 1.807) is 6.20 Å². The Morgan fingerprint density at radius 1 is 1.25 bits per heavy atom. The van der Waals surface area contributed by atoms with Crippen molar-refractivity contribution in [2.75, 3.05) is 11.1 Å². The summed E-state index contributed by atoms with van der Waals surface area (Å²) in [6.07, 6.45) is 3.80. The fraction of sp³-hybridized carbons (Fsp3) is 0.214. The quantitative estimate of drug-likeness (QED) is 0.676. The summed E-state index contributed by atoms with van der Waals surface area (Å²) in [5.74, 6) is 0.891. The van der Waals surface area contributed by atoms with Gasteiger partial charge < -0.3 is 11.1 Å². The van der Waals surface area contributed by atoms with E-state index in [-0.39, 0.29) is 5.95 Å². The number of aryl methyl sites for hydroxylation is 1. The lowest BCUT2D eigenvalue weighted by Crippen LogP contribution is -2.02. The third-order valence-electron chi connectivity index (χ3n) is 3.12. The van der Waals surface area contributed by atoms with E-state index in [0.29, 0.717) is 11.5 Å². The third-order valence-corrected chi connectivity index (χ3v) is 3.12. The number of H-pyrrole nitrogens is 1. The first-order chi connectivity index (χ1) is 9.78. The van der Waals surface area contributed by atoms with Crippen LogP contribution >= 0.6 is 0 Å². The number of nitrogens with two attached hydrogens (primary N) is 1. The summed E-state index contributed by atoms with van der Waals surface area (Å²) in [5.41, 5.74) is 8.65. The minimum absolute atomic E-state index is 0.220. The van der Waals surface area contributed by atoms with Gasteiger partial charge >= 0.3 is 0 Å². The first-order valence-electron chi connectivity index (χ1n) is 6.59. The van der Waals surface area contributed by atoms with Crippen molar-refractivity contribution >= 4 is 28.5 Å². The number of hydrogen-bond acceptors (Lipinski definition) is 5. The minimum atomic E-state index is 0.220. The number of benzene rings is 1. The maximum Gasteiger partial charge on any atom is 0.224 e. The van der Waals surface area contributed by atoms with Crippen LogP contribution in [0.4, 0.5) is 17.5 Å². The van der Waals surface area contributed by atoms with Gasteiger partial charge in [0.1, 0.15) is 5.82 Å². The summed E-state index contributed by atoms with van der Waals surface area (Å²) in [6, 6.07) is 8.19. The van der Waals surface area contributed by atoms with Crippen LogP contribution in [0.25, 0.3) is 11.0 Å². The monoisotopic (exact) mass is 268 g/mol. The fourth-order valence-corrected chi connectivity index (χ4v) is 2.20. The standard InChI is InChI=1S/C14H16N6/c1-2-5-9-6-3-4-7-11(9)17-12-10-8-16-20-13(10)19-14(15)18-12/h3-4,6-8H,2,5H2,1H3,(H4,15,16,17,18,19,20). The highest BCUT2D eigenvalue weighted by molar-refractivity contribution is 5.89. The van der Waals surface area contributed by atoms with Crippen LogP contribution in [-0.2, 0) is 6.42 Å². The predicted molar refractivity (Wildman–Crippen MR) is 79.8 cm³/mol. The number of nitrogens with zero attached hydrogens (tertiary/aromatic N) is 3. The van der Waals surface area contributed by atoms with Crippen LogP contribution in [0.2, 0.25) is 0 Å². The lowest BCUT2D eigenvalue weighted by molar-refractivity contribution is 0.923. The van der Waals surface area contributed by atoms with Gasteiger partial charge in [0.05, 0.1) is 11.6 Å². The van der Waals surface area contributed by atoms with Gasteiger partial charge in [-0.1, -0.05) is 31.5 Å². The Bertz CT molecular complexity index is 733. The molecule has 0 atom stereocenters. The van der Waals surface area contributed by atoms with Crippen molar-refractivity contribution in [2.45, 2.75) is 19.8 Å². The van der Waals surface area contributed by atoms with Crippen molar-refractivity contribution < 1.29 is 0 Å². The average molecular weight is 268 g/mol. The van der Waals surface area contributed by atoms with Crippen LogP contribution in [0.5, 0.6) is 0 Å². The SMILES string of the molecule is CCCc1ccccc1Nc1nc(N)nc2[nH]ncc12. The minimum Gasteiger partial charge on any atom is -0.368 e. The van der Waals surface area contributed by atoms with Crippen LogP contribution in [0.1, 0.15) is 18.9 Å². The molecular weight excluding hydrogens is 252 g/mol. The molecule has 6 nitrogen and oxygen atoms in total. The number of para-hydroxylation sites is 1. The Labute approximate surface area is 116 Å². The van der Waals surface area contributed by atoms with Crippen molar-refractivity contribution in [3.8, 4) is 0 Å². The normalized spacial score (nSPS) is 10.8. The summed E-state index contributed by atoms with van der Waals surface area (Å²) in [7, 11) is 0. The molecule has 0 aliphatic carbocycles. The fourth-order valence-electron chi connectivity index (χ4n) is 2.20. The highest BCUT2D eigenvalue weighted by atomic mass is 15.2. The molecule has 102 valence electrons. The van der Waals surface area contributed by atoms with E-state index in [9.17, 15) is 0 Å². The van der Waals surface area contributed by atoms with E-state index >= 15 is 0 Å². The van der Waals surface area contributed by atoms with Gasteiger partial charge in [-0.05, 0) is 18.1 Å². The van der Waals surface area contributed by atoms with E-state index in [2.05, 4.69) is 38.5 Å². The van der Waals surface area contributed by atoms with Crippen LogP contribution in [0.15, 0.2) is 30.5 Å². The molecular formula is C14H16N6. The van der Waals surface area contributed by atoms with Gasteiger partial charge in [0, 0.05) is 5.69 Å². The molecule has 0 aliphatic rings. The molecule has 0 saturated heterocycles. The Morgan fingerprint density at radius 2 is 2.10 bits per heavy atom. The molecule has 2 aromatic heterocycles. The second-order valence-electron chi connectivity index (χ2n) is 4.59. The summed E-state index contributed by atoms with van der Waals surface area (Å²) in [6.45, 7) is 2.16. The summed E-state index contributed by atoms with van der Waals surface area (Å²) in [4.78, 5) is 8.37. The van der Waals surface area contributed by atoms with Gasteiger partial charge in [0.25, 0.3) is 0 Å². The Hall–Kier alpha value is -2.63. The molecule has 1 aromatic carbocycles. The van der Waals surface area contributed by atoms with E-state index in [1.165, 1.54) is 5.56 Å². The van der Waals surface area contributed by atoms with E-state index in [4.69, 9.17) is 5.73 Å². The largest absolute Gasteiger partial charge is 0.368 e. The maximum absolute atomic E-state index is 5.72. The molecule has 0 spiro atoms. The number of nitrogens with one attached hydrogen (secondary N) is 2. The smallest absolute Gasteiger partial charge is 0.224 e. The topological polar surface area (TPSA) is 92.5 Å². The summed E-state index contributed by atoms with van der Waals surface area (Å²) >= 11 is 0. The number of rotatable bonds is 4. The number of hydrogen-bond donors (Lipinski definition) is 3. The van der Waals surface area contributed by atoms with Crippen molar-refractivity contribution in [3.05, 3.63) is 36.0 Å². The highest BCUT2D eigenvalue weighted by Gasteiger charge is 2.09. The summed E-state index contributed by atoms with van der Waals surface area (Å²) in [5, 5.41) is 10.9. The second-order valence-corrected chi connectivity index (χ2v) is 4.59. The van der Waals surface area contributed by atoms with Gasteiger partial charge in [-0.3, -0.25) is 5.10 Å². The Morgan fingerprint density at radius 3 is 2.95 bits per heavy atom. The van der Waals surface area contributed by atoms with Gasteiger partial charge in [-0.25, -0.2) is 0 Å².